The van der Waals surface area contributed by atoms with E-state index in [1.54, 1.807) is 30.7 Å². The molecule has 0 aliphatic carbocycles. The standard InChI is InChI=1S/C24H21N3O3/c28-24(26-16-22-7-4-14-29-22)23-13-10-20(15-25-23)27-19-8-11-21(12-9-19)30-17-18-5-2-1-3-6-18/h1-15,27H,16-17H2,(H,26,28). The number of amides is 1. The van der Waals surface area contributed by atoms with Crippen LogP contribution in [-0.4, -0.2) is 10.9 Å². The zero-order chi connectivity index (χ0) is 20.6. The number of furan rings is 1. The summed E-state index contributed by atoms with van der Waals surface area (Å²) >= 11 is 0. The van der Waals surface area contributed by atoms with Crippen molar-refractivity contribution in [3.05, 3.63) is 108 Å². The fourth-order valence-electron chi connectivity index (χ4n) is 2.82. The average Bonchev–Trinajstić information content (AvgIpc) is 3.32. The first kappa shape index (κ1) is 19.3. The van der Waals surface area contributed by atoms with Gasteiger partial charge < -0.3 is 19.8 Å². The van der Waals surface area contributed by atoms with Crippen LogP contribution in [0.25, 0.3) is 0 Å². The molecule has 0 saturated heterocycles. The van der Waals surface area contributed by atoms with E-state index in [2.05, 4.69) is 15.6 Å². The summed E-state index contributed by atoms with van der Waals surface area (Å²) in [5.74, 6) is 1.24. The van der Waals surface area contributed by atoms with Crippen molar-refractivity contribution in [1.82, 2.24) is 10.3 Å². The van der Waals surface area contributed by atoms with E-state index in [9.17, 15) is 4.79 Å². The second-order valence-electron chi connectivity index (χ2n) is 6.62. The van der Waals surface area contributed by atoms with Crippen molar-refractivity contribution < 1.29 is 13.9 Å². The van der Waals surface area contributed by atoms with Gasteiger partial charge in [-0.3, -0.25) is 4.79 Å². The Balaban J connectivity index is 1.29. The number of rotatable bonds is 8. The van der Waals surface area contributed by atoms with E-state index in [-0.39, 0.29) is 5.91 Å². The fourth-order valence-corrected chi connectivity index (χ4v) is 2.82. The zero-order valence-electron chi connectivity index (χ0n) is 16.2. The van der Waals surface area contributed by atoms with Crippen LogP contribution in [0, 0.1) is 0 Å². The van der Waals surface area contributed by atoms with Gasteiger partial charge in [0.15, 0.2) is 0 Å². The van der Waals surface area contributed by atoms with Gasteiger partial charge in [0, 0.05) is 5.69 Å². The number of ether oxygens (including phenoxy) is 1. The number of nitrogens with zero attached hydrogens (tertiary/aromatic N) is 1. The quantitative estimate of drug-likeness (QED) is 0.439. The third-order valence-corrected chi connectivity index (χ3v) is 4.39. The maximum absolute atomic E-state index is 12.2. The van der Waals surface area contributed by atoms with Gasteiger partial charge in [0.2, 0.25) is 0 Å². The minimum Gasteiger partial charge on any atom is -0.489 e. The largest absolute Gasteiger partial charge is 0.489 e. The average molecular weight is 399 g/mol. The first-order chi connectivity index (χ1) is 14.8. The Bertz CT molecular complexity index is 1060. The van der Waals surface area contributed by atoms with Crippen LogP contribution in [0.5, 0.6) is 5.75 Å². The van der Waals surface area contributed by atoms with E-state index in [4.69, 9.17) is 9.15 Å². The molecule has 0 atom stereocenters. The van der Waals surface area contributed by atoms with E-state index in [0.717, 1.165) is 22.7 Å². The van der Waals surface area contributed by atoms with Crippen LogP contribution in [-0.2, 0) is 13.2 Å². The Kier molecular flexibility index (Phi) is 6.05. The van der Waals surface area contributed by atoms with Gasteiger partial charge in [-0.25, -0.2) is 4.98 Å². The number of hydrogen-bond donors (Lipinski definition) is 2. The summed E-state index contributed by atoms with van der Waals surface area (Å²) in [5.41, 5.74) is 3.16. The van der Waals surface area contributed by atoms with Crippen molar-refractivity contribution in [2.75, 3.05) is 5.32 Å². The van der Waals surface area contributed by atoms with Crippen LogP contribution in [0.3, 0.4) is 0 Å². The number of carbonyl (C=O) groups is 1. The van der Waals surface area contributed by atoms with Crippen molar-refractivity contribution in [3.8, 4) is 5.75 Å². The van der Waals surface area contributed by atoms with Crippen LogP contribution in [0.15, 0.2) is 95.7 Å². The predicted molar refractivity (Wildman–Crippen MR) is 115 cm³/mol. The highest BCUT2D eigenvalue weighted by atomic mass is 16.5. The molecule has 0 spiro atoms. The van der Waals surface area contributed by atoms with E-state index in [1.165, 1.54) is 0 Å². The molecule has 2 aromatic carbocycles. The number of carbonyl (C=O) groups excluding carboxylic acids is 1. The lowest BCUT2D eigenvalue weighted by Crippen LogP contribution is -2.23. The monoisotopic (exact) mass is 399 g/mol. The van der Waals surface area contributed by atoms with Crippen LogP contribution in [0.1, 0.15) is 21.8 Å². The Morgan fingerprint density at radius 1 is 0.900 bits per heavy atom. The number of nitrogens with one attached hydrogen (secondary N) is 2. The molecule has 150 valence electrons. The molecule has 2 aromatic heterocycles. The number of anilines is 2. The van der Waals surface area contributed by atoms with Gasteiger partial charge in [-0.15, -0.1) is 0 Å². The molecular weight excluding hydrogens is 378 g/mol. The van der Waals surface area contributed by atoms with Crippen LogP contribution in [0.4, 0.5) is 11.4 Å². The molecule has 0 bridgehead atoms. The molecule has 2 heterocycles. The first-order valence-corrected chi connectivity index (χ1v) is 9.57. The minimum atomic E-state index is -0.252. The summed E-state index contributed by atoms with van der Waals surface area (Å²) in [7, 11) is 0. The number of hydrogen-bond acceptors (Lipinski definition) is 5. The highest BCUT2D eigenvalue weighted by molar-refractivity contribution is 5.92. The molecule has 0 aliphatic heterocycles. The van der Waals surface area contributed by atoms with Gasteiger partial charge in [-0.05, 0) is 54.1 Å². The molecule has 6 nitrogen and oxygen atoms in total. The van der Waals surface area contributed by atoms with Gasteiger partial charge >= 0.3 is 0 Å². The van der Waals surface area contributed by atoms with Crippen molar-refractivity contribution in [2.45, 2.75) is 13.2 Å². The normalized spacial score (nSPS) is 10.4. The van der Waals surface area contributed by atoms with Crippen molar-refractivity contribution in [3.63, 3.8) is 0 Å². The molecule has 0 unspecified atom stereocenters. The maximum Gasteiger partial charge on any atom is 0.270 e. The van der Waals surface area contributed by atoms with Gasteiger partial charge in [-0.1, -0.05) is 30.3 Å². The molecule has 0 fully saturated rings. The Morgan fingerprint density at radius 3 is 2.40 bits per heavy atom. The third kappa shape index (κ3) is 5.26. The van der Waals surface area contributed by atoms with Crippen LogP contribution in [0.2, 0.25) is 0 Å². The highest BCUT2D eigenvalue weighted by Crippen LogP contribution is 2.20. The molecule has 30 heavy (non-hydrogen) atoms. The second kappa shape index (κ2) is 9.43. The molecular formula is C24H21N3O3. The lowest BCUT2D eigenvalue weighted by atomic mass is 10.2. The maximum atomic E-state index is 12.2. The minimum absolute atomic E-state index is 0.252. The SMILES string of the molecule is O=C(NCc1ccco1)c1ccc(Nc2ccc(OCc3ccccc3)cc2)cn1. The van der Waals surface area contributed by atoms with E-state index >= 15 is 0 Å². The molecule has 4 rings (SSSR count). The molecule has 0 aliphatic rings. The Labute approximate surface area is 174 Å². The van der Waals surface area contributed by atoms with Crippen molar-refractivity contribution >= 4 is 17.3 Å². The predicted octanol–water partition coefficient (Wildman–Crippen LogP) is 4.93. The van der Waals surface area contributed by atoms with Crippen molar-refractivity contribution in [2.24, 2.45) is 0 Å². The molecule has 6 heteroatoms. The van der Waals surface area contributed by atoms with Gasteiger partial charge in [0.1, 0.15) is 23.8 Å². The topological polar surface area (TPSA) is 76.4 Å². The van der Waals surface area contributed by atoms with E-state index in [0.29, 0.717) is 24.6 Å². The highest BCUT2D eigenvalue weighted by Gasteiger charge is 2.08. The van der Waals surface area contributed by atoms with Crippen molar-refractivity contribution in [1.29, 1.82) is 0 Å². The summed E-state index contributed by atoms with van der Waals surface area (Å²) in [6.45, 7) is 0.854. The smallest absolute Gasteiger partial charge is 0.270 e. The number of aromatic nitrogens is 1. The molecule has 4 aromatic rings. The fraction of sp³-hybridized carbons (Fsp3) is 0.0833. The number of benzene rings is 2. The Morgan fingerprint density at radius 2 is 1.70 bits per heavy atom. The summed E-state index contributed by atoms with van der Waals surface area (Å²) in [4.78, 5) is 16.4. The summed E-state index contributed by atoms with van der Waals surface area (Å²) < 4.78 is 11.0. The summed E-state index contributed by atoms with van der Waals surface area (Å²) in [6.07, 6.45) is 3.20. The lowest BCUT2D eigenvalue weighted by Gasteiger charge is -2.09. The van der Waals surface area contributed by atoms with Gasteiger partial charge in [-0.2, -0.15) is 0 Å². The van der Waals surface area contributed by atoms with E-state index < -0.39 is 0 Å². The molecule has 1 amide bonds. The first-order valence-electron chi connectivity index (χ1n) is 9.57. The third-order valence-electron chi connectivity index (χ3n) is 4.39. The molecule has 0 saturated carbocycles. The van der Waals surface area contributed by atoms with Crippen LogP contribution < -0.4 is 15.4 Å². The number of pyridine rings is 1. The van der Waals surface area contributed by atoms with Gasteiger partial charge in [0.05, 0.1) is 24.7 Å². The lowest BCUT2D eigenvalue weighted by molar-refractivity contribution is 0.0943. The Hall–Kier alpha value is -4.06. The van der Waals surface area contributed by atoms with Crippen LogP contribution >= 0.6 is 0 Å². The van der Waals surface area contributed by atoms with Gasteiger partial charge in [0.25, 0.3) is 5.91 Å². The summed E-state index contributed by atoms with van der Waals surface area (Å²) in [6, 6.07) is 24.8. The summed E-state index contributed by atoms with van der Waals surface area (Å²) in [5, 5.41) is 6.03. The molecule has 0 radical (unpaired) electrons. The molecule has 2 N–H and O–H groups in total. The zero-order valence-corrected chi connectivity index (χ0v) is 16.2. The second-order valence-corrected chi connectivity index (χ2v) is 6.62. The van der Waals surface area contributed by atoms with E-state index in [1.807, 2.05) is 60.7 Å².